The number of rotatable bonds is 3. The summed E-state index contributed by atoms with van der Waals surface area (Å²) in [6.45, 7) is 5.53. The topological polar surface area (TPSA) is 29.5 Å². The van der Waals surface area contributed by atoms with Crippen molar-refractivity contribution < 1.29 is 9.84 Å². The number of aliphatic hydroxyl groups is 1. The fourth-order valence-electron chi connectivity index (χ4n) is 1.54. The molecule has 0 aromatic heterocycles. The second-order valence-electron chi connectivity index (χ2n) is 3.26. The van der Waals surface area contributed by atoms with Gasteiger partial charge in [-0.15, -0.1) is 6.58 Å². The molecule has 1 rings (SSSR count). The minimum Gasteiger partial charge on any atom is -0.396 e. The van der Waals surface area contributed by atoms with E-state index in [2.05, 4.69) is 6.58 Å². The Morgan fingerprint density at radius 3 is 2.55 bits per heavy atom. The Morgan fingerprint density at radius 1 is 1.45 bits per heavy atom. The van der Waals surface area contributed by atoms with Crippen molar-refractivity contribution >= 4 is 0 Å². The highest BCUT2D eigenvalue weighted by atomic mass is 16.5. The summed E-state index contributed by atoms with van der Waals surface area (Å²) in [6, 6.07) is 0. The lowest BCUT2D eigenvalue weighted by Gasteiger charge is -2.34. The summed E-state index contributed by atoms with van der Waals surface area (Å²) in [4.78, 5) is 0. The van der Waals surface area contributed by atoms with Gasteiger partial charge in [0.25, 0.3) is 0 Å². The fraction of sp³-hybridized carbons (Fsp3) is 0.778. The van der Waals surface area contributed by atoms with Crippen LogP contribution in [-0.2, 0) is 4.74 Å². The second kappa shape index (κ2) is 3.88. The van der Waals surface area contributed by atoms with Crippen molar-refractivity contribution in [2.45, 2.75) is 19.3 Å². The largest absolute Gasteiger partial charge is 0.396 e. The van der Waals surface area contributed by atoms with Gasteiger partial charge in [0.15, 0.2) is 0 Å². The van der Waals surface area contributed by atoms with Crippen molar-refractivity contribution in [3.63, 3.8) is 0 Å². The number of hydrogen-bond donors (Lipinski definition) is 1. The maximum Gasteiger partial charge on any atom is 0.0492 e. The van der Waals surface area contributed by atoms with Crippen LogP contribution in [0.2, 0.25) is 0 Å². The predicted molar refractivity (Wildman–Crippen MR) is 44.4 cm³/mol. The summed E-state index contributed by atoms with van der Waals surface area (Å²) in [5, 5.41) is 9.17. The lowest BCUT2D eigenvalue weighted by Crippen LogP contribution is -2.32. The zero-order valence-corrected chi connectivity index (χ0v) is 6.88. The van der Waals surface area contributed by atoms with Crippen molar-refractivity contribution in [2.24, 2.45) is 5.41 Å². The molecule has 0 spiro atoms. The third-order valence-electron chi connectivity index (χ3n) is 2.47. The fourth-order valence-corrected chi connectivity index (χ4v) is 1.54. The van der Waals surface area contributed by atoms with Gasteiger partial charge in [-0.2, -0.15) is 0 Å². The van der Waals surface area contributed by atoms with Crippen molar-refractivity contribution in [3.8, 4) is 0 Å². The van der Waals surface area contributed by atoms with Crippen molar-refractivity contribution in [1.82, 2.24) is 0 Å². The number of allylic oxidation sites excluding steroid dienone is 1. The molecule has 1 fully saturated rings. The van der Waals surface area contributed by atoms with Gasteiger partial charge in [0.05, 0.1) is 0 Å². The molecule has 0 atom stereocenters. The molecule has 0 radical (unpaired) electrons. The molecule has 0 aromatic rings. The average molecular weight is 156 g/mol. The van der Waals surface area contributed by atoms with E-state index in [-0.39, 0.29) is 12.0 Å². The third-order valence-corrected chi connectivity index (χ3v) is 2.47. The normalized spacial score (nSPS) is 23.0. The first kappa shape index (κ1) is 8.75. The van der Waals surface area contributed by atoms with Crippen LogP contribution in [0.1, 0.15) is 19.3 Å². The molecule has 0 aliphatic carbocycles. The van der Waals surface area contributed by atoms with Crippen LogP contribution >= 0.6 is 0 Å². The minimum absolute atomic E-state index is 0.0833. The number of aliphatic hydroxyl groups excluding tert-OH is 1. The van der Waals surface area contributed by atoms with E-state index in [4.69, 9.17) is 9.84 Å². The van der Waals surface area contributed by atoms with Crippen LogP contribution in [0.5, 0.6) is 0 Å². The van der Waals surface area contributed by atoms with Crippen LogP contribution < -0.4 is 0 Å². The second-order valence-corrected chi connectivity index (χ2v) is 3.26. The minimum atomic E-state index is 0.0833. The third kappa shape index (κ3) is 2.04. The first-order valence-electron chi connectivity index (χ1n) is 4.12. The van der Waals surface area contributed by atoms with Crippen molar-refractivity contribution in [3.05, 3.63) is 12.7 Å². The first-order valence-corrected chi connectivity index (χ1v) is 4.12. The molecule has 1 heterocycles. The van der Waals surface area contributed by atoms with Gasteiger partial charge in [0, 0.05) is 25.2 Å². The molecular weight excluding hydrogens is 140 g/mol. The molecule has 1 aliphatic heterocycles. The van der Waals surface area contributed by atoms with E-state index in [0.29, 0.717) is 0 Å². The molecule has 2 heteroatoms. The number of hydrogen-bond acceptors (Lipinski definition) is 2. The van der Waals surface area contributed by atoms with Gasteiger partial charge < -0.3 is 9.84 Å². The van der Waals surface area contributed by atoms with Crippen LogP contribution in [-0.4, -0.2) is 24.9 Å². The van der Waals surface area contributed by atoms with E-state index in [1.54, 1.807) is 0 Å². The summed E-state index contributed by atoms with van der Waals surface area (Å²) in [7, 11) is 0. The maximum absolute atomic E-state index is 9.17. The van der Waals surface area contributed by atoms with E-state index in [0.717, 1.165) is 32.5 Å². The highest BCUT2D eigenvalue weighted by molar-refractivity contribution is 4.87. The zero-order chi connectivity index (χ0) is 8.16. The summed E-state index contributed by atoms with van der Waals surface area (Å²) in [5.41, 5.74) is 0.0833. The highest BCUT2D eigenvalue weighted by Crippen LogP contribution is 2.33. The molecule has 1 N–H and O–H groups in total. The standard InChI is InChI=1S/C9H16O2/c1-2-3-9(8-10)4-6-11-7-5-9/h2,10H,1,3-8H2. The number of ether oxygens (including phenoxy) is 1. The average Bonchev–Trinajstić information content (AvgIpc) is 2.07. The molecule has 64 valence electrons. The van der Waals surface area contributed by atoms with Crippen LogP contribution in [0, 0.1) is 5.41 Å². The van der Waals surface area contributed by atoms with E-state index >= 15 is 0 Å². The summed E-state index contributed by atoms with van der Waals surface area (Å²) in [5.74, 6) is 0. The molecule has 0 aromatic carbocycles. The Kier molecular flexibility index (Phi) is 3.09. The van der Waals surface area contributed by atoms with Gasteiger partial charge >= 0.3 is 0 Å². The molecule has 0 saturated carbocycles. The van der Waals surface area contributed by atoms with Crippen LogP contribution in [0.25, 0.3) is 0 Å². The highest BCUT2D eigenvalue weighted by Gasteiger charge is 2.30. The predicted octanol–water partition coefficient (Wildman–Crippen LogP) is 1.35. The molecule has 1 saturated heterocycles. The lowest BCUT2D eigenvalue weighted by atomic mass is 9.78. The molecule has 2 nitrogen and oxygen atoms in total. The summed E-state index contributed by atoms with van der Waals surface area (Å²) in [6.07, 6.45) is 4.74. The smallest absolute Gasteiger partial charge is 0.0492 e. The monoisotopic (exact) mass is 156 g/mol. The molecule has 0 amide bonds. The van der Waals surface area contributed by atoms with Crippen molar-refractivity contribution in [1.29, 1.82) is 0 Å². The maximum atomic E-state index is 9.17. The van der Waals surface area contributed by atoms with E-state index in [1.165, 1.54) is 0 Å². The van der Waals surface area contributed by atoms with Crippen LogP contribution in [0.4, 0.5) is 0 Å². The van der Waals surface area contributed by atoms with Crippen LogP contribution in [0.3, 0.4) is 0 Å². The van der Waals surface area contributed by atoms with Gasteiger partial charge in [0.2, 0.25) is 0 Å². The van der Waals surface area contributed by atoms with Crippen LogP contribution in [0.15, 0.2) is 12.7 Å². The summed E-state index contributed by atoms with van der Waals surface area (Å²) >= 11 is 0. The van der Waals surface area contributed by atoms with E-state index in [9.17, 15) is 0 Å². The molecule has 11 heavy (non-hydrogen) atoms. The van der Waals surface area contributed by atoms with Crippen molar-refractivity contribution in [2.75, 3.05) is 19.8 Å². The van der Waals surface area contributed by atoms with Gasteiger partial charge in [0.1, 0.15) is 0 Å². The Hall–Kier alpha value is -0.340. The Bertz CT molecular complexity index is 126. The lowest BCUT2D eigenvalue weighted by molar-refractivity contribution is -0.0142. The quantitative estimate of drug-likeness (QED) is 0.625. The Labute approximate surface area is 67.9 Å². The van der Waals surface area contributed by atoms with Gasteiger partial charge in [-0.05, 0) is 19.3 Å². The summed E-state index contributed by atoms with van der Waals surface area (Å²) < 4.78 is 5.23. The Balaban J connectivity index is 2.49. The Morgan fingerprint density at radius 2 is 2.09 bits per heavy atom. The first-order chi connectivity index (χ1) is 5.33. The molecular formula is C9H16O2. The van der Waals surface area contributed by atoms with Gasteiger partial charge in [-0.25, -0.2) is 0 Å². The zero-order valence-electron chi connectivity index (χ0n) is 6.88. The van der Waals surface area contributed by atoms with E-state index in [1.807, 2.05) is 6.08 Å². The van der Waals surface area contributed by atoms with Gasteiger partial charge in [-0.1, -0.05) is 6.08 Å². The van der Waals surface area contributed by atoms with Gasteiger partial charge in [-0.3, -0.25) is 0 Å². The molecule has 0 unspecified atom stereocenters. The van der Waals surface area contributed by atoms with E-state index < -0.39 is 0 Å². The SMILES string of the molecule is C=CCC1(CO)CCOCC1. The molecule has 1 aliphatic rings. The molecule has 0 bridgehead atoms.